The summed E-state index contributed by atoms with van der Waals surface area (Å²) < 4.78 is 13.5. The predicted molar refractivity (Wildman–Crippen MR) is 88.1 cm³/mol. The van der Waals surface area contributed by atoms with Crippen LogP contribution in [0.15, 0.2) is 60.8 Å². The summed E-state index contributed by atoms with van der Waals surface area (Å²) in [7, 11) is 0. The van der Waals surface area contributed by atoms with Crippen LogP contribution in [-0.2, 0) is 6.42 Å². The summed E-state index contributed by atoms with van der Waals surface area (Å²) in [5.74, 6) is 0.809. The lowest BCUT2D eigenvalue weighted by molar-refractivity contribution is 0.610. The van der Waals surface area contributed by atoms with Crippen molar-refractivity contribution in [1.29, 1.82) is 0 Å². The van der Waals surface area contributed by atoms with Crippen LogP contribution in [0.25, 0.3) is 0 Å². The fourth-order valence-corrected chi connectivity index (χ4v) is 2.12. The maximum absolute atomic E-state index is 13.5. The molecule has 1 heterocycles. The third-order valence-electron chi connectivity index (χ3n) is 3.25. The first-order valence-corrected chi connectivity index (χ1v) is 7.30. The third kappa shape index (κ3) is 4.23. The Morgan fingerprint density at radius 3 is 2.57 bits per heavy atom. The van der Waals surface area contributed by atoms with Crippen LogP contribution in [0, 0.1) is 5.82 Å². The number of anilines is 3. The highest BCUT2D eigenvalue weighted by atomic mass is 19.1. The Morgan fingerprint density at radius 1 is 0.957 bits per heavy atom. The highest BCUT2D eigenvalue weighted by molar-refractivity contribution is 5.53. The van der Waals surface area contributed by atoms with E-state index < -0.39 is 0 Å². The summed E-state index contributed by atoms with van der Waals surface area (Å²) >= 11 is 0. The molecule has 0 radical (unpaired) electrons. The van der Waals surface area contributed by atoms with E-state index in [-0.39, 0.29) is 5.82 Å². The molecule has 0 aliphatic rings. The van der Waals surface area contributed by atoms with Gasteiger partial charge in [-0.2, -0.15) is 10.1 Å². The Labute approximate surface area is 133 Å². The zero-order valence-electron chi connectivity index (χ0n) is 12.4. The van der Waals surface area contributed by atoms with Crippen LogP contribution in [0.1, 0.15) is 5.56 Å². The molecule has 0 saturated heterocycles. The van der Waals surface area contributed by atoms with Crippen LogP contribution in [-0.4, -0.2) is 21.7 Å². The van der Waals surface area contributed by atoms with Crippen LogP contribution >= 0.6 is 0 Å². The topological polar surface area (TPSA) is 62.7 Å². The minimum atomic E-state index is -0.193. The highest BCUT2D eigenvalue weighted by Gasteiger charge is 2.03. The van der Waals surface area contributed by atoms with E-state index in [0.717, 1.165) is 5.69 Å². The molecule has 0 bridgehead atoms. The third-order valence-corrected chi connectivity index (χ3v) is 3.25. The summed E-state index contributed by atoms with van der Waals surface area (Å²) in [5, 5.41) is 14.1. The Kier molecular flexibility index (Phi) is 4.73. The molecule has 3 aromatic rings. The van der Waals surface area contributed by atoms with Crippen molar-refractivity contribution in [3.63, 3.8) is 0 Å². The molecule has 1 aromatic heterocycles. The number of hydrogen-bond donors (Lipinski definition) is 2. The number of halogens is 1. The lowest BCUT2D eigenvalue weighted by atomic mass is 10.1. The summed E-state index contributed by atoms with van der Waals surface area (Å²) in [6, 6.07) is 16.4. The van der Waals surface area contributed by atoms with E-state index in [1.165, 1.54) is 12.3 Å². The van der Waals surface area contributed by atoms with E-state index in [2.05, 4.69) is 25.8 Å². The molecule has 116 valence electrons. The van der Waals surface area contributed by atoms with Gasteiger partial charge in [-0.15, -0.1) is 5.10 Å². The van der Waals surface area contributed by atoms with Crippen molar-refractivity contribution in [2.75, 3.05) is 17.2 Å². The van der Waals surface area contributed by atoms with E-state index in [0.29, 0.717) is 30.3 Å². The van der Waals surface area contributed by atoms with Crippen LogP contribution in [0.3, 0.4) is 0 Å². The van der Waals surface area contributed by atoms with Crippen LogP contribution in [0.4, 0.5) is 21.8 Å². The minimum Gasteiger partial charge on any atom is -0.368 e. The molecule has 2 aromatic carbocycles. The van der Waals surface area contributed by atoms with Crippen molar-refractivity contribution in [2.24, 2.45) is 0 Å². The monoisotopic (exact) mass is 309 g/mol. The first-order chi connectivity index (χ1) is 11.3. The van der Waals surface area contributed by atoms with Gasteiger partial charge in [-0.1, -0.05) is 36.4 Å². The summed E-state index contributed by atoms with van der Waals surface area (Å²) in [6.07, 6.45) is 2.11. The average Bonchev–Trinajstić information content (AvgIpc) is 2.58. The standard InChI is InChI=1S/C17H16FN5/c18-15-9-5-4-6-13(15)10-11-19-16-12-20-23-17(22-16)21-14-7-2-1-3-8-14/h1-9,12H,10-11H2,(H2,19,21,22,23). The molecule has 0 aliphatic heterocycles. The number of nitrogens with zero attached hydrogens (tertiary/aromatic N) is 3. The molecule has 5 nitrogen and oxygen atoms in total. The number of para-hydroxylation sites is 1. The second kappa shape index (κ2) is 7.31. The second-order valence-corrected chi connectivity index (χ2v) is 4.92. The van der Waals surface area contributed by atoms with Gasteiger partial charge in [0.2, 0.25) is 5.95 Å². The SMILES string of the molecule is Fc1ccccc1CCNc1cnnc(Nc2ccccc2)n1. The van der Waals surface area contributed by atoms with E-state index in [4.69, 9.17) is 0 Å². The number of hydrogen-bond acceptors (Lipinski definition) is 5. The summed E-state index contributed by atoms with van der Waals surface area (Å²) in [4.78, 5) is 4.33. The fraction of sp³-hybridized carbons (Fsp3) is 0.118. The maximum atomic E-state index is 13.5. The molecular formula is C17H16FN5. The normalized spacial score (nSPS) is 10.3. The molecule has 0 aliphatic carbocycles. The van der Waals surface area contributed by atoms with E-state index in [1.807, 2.05) is 36.4 Å². The molecule has 3 rings (SSSR count). The van der Waals surface area contributed by atoms with Gasteiger partial charge in [0, 0.05) is 12.2 Å². The van der Waals surface area contributed by atoms with Gasteiger partial charge < -0.3 is 10.6 Å². The zero-order chi connectivity index (χ0) is 15.9. The Bertz CT molecular complexity index is 764. The summed E-state index contributed by atoms with van der Waals surface area (Å²) in [6.45, 7) is 0.560. The molecule has 0 amide bonds. The minimum absolute atomic E-state index is 0.193. The number of aromatic nitrogens is 3. The van der Waals surface area contributed by atoms with E-state index in [1.54, 1.807) is 12.1 Å². The van der Waals surface area contributed by atoms with Crippen LogP contribution in [0.5, 0.6) is 0 Å². The number of rotatable bonds is 6. The molecule has 2 N–H and O–H groups in total. The quantitative estimate of drug-likeness (QED) is 0.730. The van der Waals surface area contributed by atoms with Gasteiger partial charge >= 0.3 is 0 Å². The lowest BCUT2D eigenvalue weighted by Gasteiger charge is -2.08. The predicted octanol–water partition coefficient (Wildman–Crippen LogP) is 3.41. The van der Waals surface area contributed by atoms with Crippen LogP contribution in [0.2, 0.25) is 0 Å². The second-order valence-electron chi connectivity index (χ2n) is 4.92. The fourth-order valence-electron chi connectivity index (χ4n) is 2.12. The Hall–Kier alpha value is -3.02. The van der Waals surface area contributed by atoms with E-state index in [9.17, 15) is 4.39 Å². The van der Waals surface area contributed by atoms with Gasteiger partial charge in [0.1, 0.15) is 5.82 Å². The molecule has 0 atom stereocenters. The van der Waals surface area contributed by atoms with Crippen molar-refractivity contribution in [3.05, 3.63) is 72.2 Å². The largest absolute Gasteiger partial charge is 0.368 e. The van der Waals surface area contributed by atoms with Gasteiger partial charge in [0.05, 0.1) is 6.20 Å². The molecule has 0 saturated carbocycles. The first kappa shape index (κ1) is 14.9. The van der Waals surface area contributed by atoms with Crippen molar-refractivity contribution in [1.82, 2.24) is 15.2 Å². The number of benzene rings is 2. The van der Waals surface area contributed by atoms with Gasteiger partial charge in [-0.25, -0.2) is 4.39 Å². The zero-order valence-corrected chi connectivity index (χ0v) is 12.4. The molecule has 0 unspecified atom stereocenters. The lowest BCUT2D eigenvalue weighted by Crippen LogP contribution is -2.09. The molecule has 0 spiro atoms. The first-order valence-electron chi connectivity index (χ1n) is 7.30. The van der Waals surface area contributed by atoms with Crippen LogP contribution < -0.4 is 10.6 Å². The van der Waals surface area contributed by atoms with Crippen molar-refractivity contribution < 1.29 is 4.39 Å². The van der Waals surface area contributed by atoms with Gasteiger partial charge in [-0.3, -0.25) is 0 Å². The van der Waals surface area contributed by atoms with Gasteiger partial charge in [0.25, 0.3) is 0 Å². The Morgan fingerprint density at radius 2 is 1.74 bits per heavy atom. The van der Waals surface area contributed by atoms with Gasteiger partial charge in [-0.05, 0) is 30.2 Å². The average molecular weight is 309 g/mol. The molecule has 23 heavy (non-hydrogen) atoms. The van der Waals surface area contributed by atoms with Crippen molar-refractivity contribution in [2.45, 2.75) is 6.42 Å². The Balaban J connectivity index is 1.58. The summed E-state index contributed by atoms with van der Waals surface area (Å²) in [5.41, 5.74) is 1.56. The maximum Gasteiger partial charge on any atom is 0.249 e. The molecule has 6 heteroatoms. The number of nitrogens with one attached hydrogen (secondary N) is 2. The molecular weight excluding hydrogens is 293 g/mol. The van der Waals surface area contributed by atoms with Gasteiger partial charge in [0.15, 0.2) is 5.82 Å². The van der Waals surface area contributed by atoms with Crippen molar-refractivity contribution in [3.8, 4) is 0 Å². The highest BCUT2D eigenvalue weighted by Crippen LogP contribution is 2.13. The van der Waals surface area contributed by atoms with Crippen molar-refractivity contribution >= 4 is 17.5 Å². The smallest absolute Gasteiger partial charge is 0.249 e. The molecule has 0 fully saturated rings. The van der Waals surface area contributed by atoms with E-state index >= 15 is 0 Å².